The van der Waals surface area contributed by atoms with E-state index in [-0.39, 0.29) is 12.0 Å². The Morgan fingerprint density at radius 1 is 1.19 bits per heavy atom. The molecule has 0 radical (unpaired) electrons. The summed E-state index contributed by atoms with van der Waals surface area (Å²) in [5, 5.41) is 7.27. The van der Waals surface area contributed by atoms with E-state index in [9.17, 15) is 4.79 Å². The van der Waals surface area contributed by atoms with Crippen molar-refractivity contribution in [3.05, 3.63) is 65.2 Å². The smallest absolute Gasteiger partial charge is 0.337 e. The molecule has 26 heavy (non-hydrogen) atoms. The molecule has 0 unspecified atom stereocenters. The van der Waals surface area contributed by atoms with Gasteiger partial charge in [-0.2, -0.15) is 0 Å². The summed E-state index contributed by atoms with van der Waals surface area (Å²) in [4.78, 5) is 11.8. The zero-order valence-electron chi connectivity index (χ0n) is 15.3. The number of rotatable bonds is 6. The predicted octanol–water partition coefficient (Wildman–Crippen LogP) is 3.06. The van der Waals surface area contributed by atoms with Crippen molar-refractivity contribution < 1.29 is 14.3 Å². The van der Waals surface area contributed by atoms with Gasteiger partial charge in [-0.05, 0) is 43.1 Å². The fourth-order valence-corrected chi connectivity index (χ4v) is 3.52. The number of carbonyl (C=O) groups is 1. The number of hydrogen-bond acceptors (Lipinski definition) is 5. The standard InChI is InChI=1S/C21H26N2O3/c1-25-19-11-10-16(21(24)26-2)13-17(19)14-23-18-9-6-12-22-20(18)15-7-4-3-5-8-15/h3-5,7-8,10-11,13,18,20,22-23H,6,9,12,14H2,1-2H3/t18-,20-/m0/s1. The van der Waals surface area contributed by atoms with Gasteiger partial charge >= 0.3 is 5.97 Å². The number of hydrogen-bond donors (Lipinski definition) is 2. The molecule has 0 saturated carbocycles. The van der Waals surface area contributed by atoms with Crippen molar-refractivity contribution in [1.82, 2.24) is 10.6 Å². The number of methoxy groups -OCH3 is 2. The highest BCUT2D eigenvalue weighted by Gasteiger charge is 2.25. The van der Waals surface area contributed by atoms with Crippen molar-refractivity contribution in [2.75, 3.05) is 20.8 Å². The van der Waals surface area contributed by atoms with E-state index in [1.165, 1.54) is 12.7 Å². The SMILES string of the molecule is COC(=O)c1ccc(OC)c(CN[C@H]2CCCN[C@H]2c2ccccc2)c1. The van der Waals surface area contributed by atoms with Crippen LogP contribution < -0.4 is 15.4 Å². The van der Waals surface area contributed by atoms with E-state index in [4.69, 9.17) is 9.47 Å². The molecule has 1 heterocycles. The first kappa shape index (κ1) is 18.4. The molecule has 1 aliphatic rings. The summed E-state index contributed by atoms with van der Waals surface area (Å²) in [7, 11) is 3.04. The molecule has 0 aliphatic carbocycles. The van der Waals surface area contributed by atoms with Gasteiger partial charge in [-0.15, -0.1) is 0 Å². The number of carbonyl (C=O) groups excluding carboxylic acids is 1. The van der Waals surface area contributed by atoms with Crippen LogP contribution in [-0.4, -0.2) is 32.8 Å². The van der Waals surface area contributed by atoms with E-state index in [0.29, 0.717) is 18.2 Å². The molecule has 2 atom stereocenters. The quantitative estimate of drug-likeness (QED) is 0.781. The van der Waals surface area contributed by atoms with E-state index in [1.807, 2.05) is 18.2 Å². The minimum absolute atomic E-state index is 0.278. The molecule has 2 N–H and O–H groups in total. The number of ether oxygens (including phenoxy) is 2. The van der Waals surface area contributed by atoms with E-state index in [1.54, 1.807) is 13.2 Å². The van der Waals surface area contributed by atoms with Crippen molar-refractivity contribution in [3.8, 4) is 5.75 Å². The van der Waals surface area contributed by atoms with Crippen molar-refractivity contribution in [3.63, 3.8) is 0 Å². The lowest BCUT2D eigenvalue weighted by Gasteiger charge is -2.34. The van der Waals surface area contributed by atoms with Crippen LogP contribution in [0.5, 0.6) is 5.75 Å². The van der Waals surface area contributed by atoms with E-state index in [2.05, 4.69) is 34.9 Å². The summed E-state index contributed by atoms with van der Waals surface area (Å²) in [5.74, 6) is 0.431. The Morgan fingerprint density at radius 3 is 2.73 bits per heavy atom. The van der Waals surface area contributed by atoms with Gasteiger partial charge in [-0.25, -0.2) is 4.79 Å². The number of benzene rings is 2. The van der Waals surface area contributed by atoms with Gasteiger partial charge in [0.15, 0.2) is 0 Å². The highest BCUT2D eigenvalue weighted by atomic mass is 16.5. The average molecular weight is 354 g/mol. The molecule has 3 rings (SSSR count). The fourth-order valence-electron chi connectivity index (χ4n) is 3.52. The van der Waals surface area contributed by atoms with Crippen LogP contribution in [0, 0.1) is 0 Å². The van der Waals surface area contributed by atoms with Crippen molar-refractivity contribution in [1.29, 1.82) is 0 Å². The molecule has 0 bridgehead atoms. The largest absolute Gasteiger partial charge is 0.496 e. The molecule has 0 spiro atoms. The molecule has 138 valence electrons. The Bertz CT molecular complexity index is 733. The normalized spacial score (nSPS) is 19.8. The molecule has 2 aromatic rings. The van der Waals surface area contributed by atoms with Gasteiger partial charge in [0.2, 0.25) is 0 Å². The summed E-state index contributed by atoms with van der Waals surface area (Å²) in [6.45, 7) is 1.66. The van der Waals surface area contributed by atoms with Crippen LogP contribution in [0.15, 0.2) is 48.5 Å². The van der Waals surface area contributed by atoms with E-state index in [0.717, 1.165) is 30.7 Å². The Morgan fingerprint density at radius 2 is 2.00 bits per heavy atom. The average Bonchev–Trinajstić information content (AvgIpc) is 2.72. The van der Waals surface area contributed by atoms with Gasteiger partial charge in [-0.3, -0.25) is 0 Å². The highest BCUT2D eigenvalue weighted by molar-refractivity contribution is 5.89. The van der Waals surface area contributed by atoms with Crippen LogP contribution in [0.4, 0.5) is 0 Å². The van der Waals surface area contributed by atoms with E-state index < -0.39 is 0 Å². The molecular weight excluding hydrogens is 328 g/mol. The molecule has 2 aromatic carbocycles. The third-order valence-electron chi connectivity index (χ3n) is 4.87. The van der Waals surface area contributed by atoms with Gasteiger partial charge in [0.05, 0.1) is 19.8 Å². The van der Waals surface area contributed by atoms with Crippen LogP contribution in [0.2, 0.25) is 0 Å². The second-order valence-corrected chi connectivity index (χ2v) is 6.49. The number of piperidine rings is 1. The van der Waals surface area contributed by atoms with Gasteiger partial charge < -0.3 is 20.1 Å². The summed E-state index contributed by atoms with van der Waals surface area (Å²) in [6, 6.07) is 16.5. The number of nitrogens with one attached hydrogen (secondary N) is 2. The Hall–Kier alpha value is -2.37. The molecule has 0 amide bonds. The Labute approximate surface area is 154 Å². The second kappa shape index (κ2) is 8.83. The molecule has 1 aliphatic heterocycles. The first-order valence-corrected chi connectivity index (χ1v) is 9.00. The third kappa shape index (κ3) is 4.23. The third-order valence-corrected chi connectivity index (χ3v) is 4.87. The van der Waals surface area contributed by atoms with Crippen molar-refractivity contribution >= 4 is 5.97 Å². The summed E-state index contributed by atoms with van der Waals surface area (Å²) < 4.78 is 10.3. The van der Waals surface area contributed by atoms with Crippen molar-refractivity contribution in [2.45, 2.75) is 31.5 Å². The zero-order chi connectivity index (χ0) is 18.4. The fraction of sp³-hybridized carbons (Fsp3) is 0.381. The molecule has 0 aromatic heterocycles. The highest BCUT2D eigenvalue weighted by Crippen LogP contribution is 2.25. The van der Waals surface area contributed by atoms with Crippen LogP contribution >= 0.6 is 0 Å². The van der Waals surface area contributed by atoms with Crippen LogP contribution in [-0.2, 0) is 11.3 Å². The lowest BCUT2D eigenvalue weighted by Crippen LogP contribution is -2.45. The monoisotopic (exact) mass is 354 g/mol. The molecule has 5 nitrogen and oxygen atoms in total. The first-order chi connectivity index (χ1) is 12.7. The lowest BCUT2D eigenvalue weighted by atomic mass is 9.92. The maximum atomic E-state index is 11.8. The van der Waals surface area contributed by atoms with Gasteiger partial charge in [-0.1, -0.05) is 30.3 Å². The summed E-state index contributed by atoms with van der Waals surface area (Å²) >= 11 is 0. The van der Waals surface area contributed by atoms with E-state index >= 15 is 0 Å². The second-order valence-electron chi connectivity index (χ2n) is 6.49. The minimum Gasteiger partial charge on any atom is -0.496 e. The summed E-state index contributed by atoms with van der Waals surface area (Å²) in [6.07, 6.45) is 2.24. The molecular formula is C21H26N2O3. The topological polar surface area (TPSA) is 59.6 Å². The van der Waals surface area contributed by atoms with Gasteiger partial charge in [0, 0.05) is 24.2 Å². The maximum absolute atomic E-state index is 11.8. The number of esters is 1. The van der Waals surface area contributed by atoms with Crippen LogP contribution in [0.1, 0.15) is 40.4 Å². The first-order valence-electron chi connectivity index (χ1n) is 9.00. The van der Waals surface area contributed by atoms with Crippen LogP contribution in [0.3, 0.4) is 0 Å². The zero-order valence-corrected chi connectivity index (χ0v) is 15.3. The molecule has 5 heteroatoms. The lowest BCUT2D eigenvalue weighted by molar-refractivity contribution is 0.0600. The minimum atomic E-state index is -0.338. The predicted molar refractivity (Wildman–Crippen MR) is 101 cm³/mol. The summed E-state index contributed by atoms with van der Waals surface area (Å²) in [5.41, 5.74) is 2.78. The van der Waals surface area contributed by atoms with Crippen molar-refractivity contribution in [2.24, 2.45) is 0 Å². The van der Waals surface area contributed by atoms with Crippen LogP contribution in [0.25, 0.3) is 0 Å². The Kier molecular flexibility index (Phi) is 6.26. The van der Waals surface area contributed by atoms with Gasteiger partial charge in [0.1, 0.15) is 5.75 Å². The molecule has 1 saturated heterocycles. The van der Waals surface area contributed by atoms with Gasteiger partial charge in [0.25, 0.3) is 0 Å². The molecule has 1 fully saturated rings. The maximum Gasteiger partial charge on any atom is 0.337 e. The Balaban J connectivity index is 1.75.